The second-order valence-electron chi connectivity index (χ2n) is 7.11. The van der Waals surface area contributed by atoms with Crippen LogP contribution in [0.5, 0.6) is 0 Å². The highest BCUT2D eigenvalue weighted by molar-refractivity contribution is 4.84. The fourth-order valence-electron chi connectivity index (χ4n) is 3.04. The number of nitriles is 1. The molecule has 0 bridgehead atoms. The van der Waals surface area contributed by atoms with Crippen LogP contribution in [0.2, 0.25) is 0 Å². The highest BCUT2D eigenvalue weighted by atomic mass is 14.9. The standard InChI is InChI=1S/C21H42N2/c1-3-4-5-6-7-8-9-10-11-12-13-14-15-16-17-18-19-23-21(2)20-22/h21,23H,3-19H2,1-2H3. The third-order valence-corrected chi connectivity index (χ3v) is 4.67. The van der Waals surface area contributed by atoms with Gasteiger partial charge in [0.05, 0.1) is 12.1 Å². The highest BCUT2D eigenvalue weighted by Gasteiger charge is 1.97. The SMILES string of the molecule is CCCCCCCCCCCCCCCCCCNC(C)C#N. The first kappa shape index (κ1) is 22.4. The van der Waals surface area contributed by atoms with Crippen LogP contribution < -0.4 is 5.32 Å². The van der Waals surface area contributed by atoms with Crippen molar-refractivity contribution in [1.29, 1.82) is 5.26 Å². The van der Waals surface area contributed by atoms with Crippen LogP contribution in [-0.2, 0) is 0 Å². The molecule has 1 unspecified atom stereocenters. The van der Waals surface area contributed by atoms with Crippen molar-refractivity contribution in [2.24, 2.45) is 0 Å². The van der Waals surface area contributed by atoms with Crippen LogP contribution in [0.4, 0.5) is 0 Å². The van der Waals surface area contributed by atoms with E-state index in [0.717, 1.165) is 6.54 Å². The maximum atomic E-state index is 8.66. The zero-order valence-electron chi connectivity index (χ0n) is 16.0. The van der Waals surface area contributed by atoms with Gasteiger partial charge in [-0.15, -0.1) is 0 Å². The summed E-state index contributed by atoms with van der Waals surface area (Å²) >= 11 is 0. The molecule has 0 heterocycles. The largest absolute Gasteiger partial charge is 0.302 e. The summed E-state index contributed by atoms with van der Waals surface area (Å²) in [5, 5.41) is 11.9. The van der Waals surface area contributed by atoms with E-state index in [2.05, 4.69) is 18.3 Å². The van der Waals surface area contributed by atoms with Gasteiger partial charge in [0.15, 0.2) is 0 Å². The molecule has 0 fully saturated rings. The Hall–Kier alpha value is -0.550. The van der Waals surface area contributed by atoms with E-state index >= 15 is 0 Å². The molecule has 0 aliphatic heterocycles. The Kier molecular flexibility index (Phi) is 19.0. The van der Waals surface area contributed by atoms with E-state index in [9.17, 15) is 0 Å². The van der Waals surface area contributed by atoms with Gasteiger partial charge in [0, 0.05) is 0 Å². The number of hydrogen-bond donors (Lipinski definition) is 1. The second kappa shape index (κ2) is 19.5. The molecular weight excluding hydrogens is 280 g/mol. The maximum absolute atomic E-state index is 8.66. The average molecular weight is 323 g/mol. The second-order valence-corrected chi connectivity index (χ2v) is 7.11. The average Bonchev–Trinajstić information content (AvgIpc) is 2.57. The minimum absolute atomic E-state index is 0.00587. The van der Waals surface area contributed by atoms with Gasteiger partial charge < -0.3 is 5.32 Å². The van der Waals surface area contributed by atoms with Crippen molar-refractivity contribution in [3.63, 3.8) is 0 Å². The first-order chi connectivity index (χ1) is 11.3. The van der Waals surface area contributed by atoms with E-state index < -0.39 is 0 Å². The summed E-state index contributed by atoms with van der Waals surface area (Å²) in [5.74, 6) is 0. The number of hydrogen-bond acceptors (Lipinski definition) is 2. The first-order valence-electron chi connectivity index (χ1n) is 10.4. The lowest BCUT2D eigenvalue weighted by molar-refractivity contribution is 0.522. The fourth-order valence-corrected chi connectivity index (χ4v) is 3.04. The zero-order chi connectivity index (χ0) is 17.0. The molecule has 0 aliphatic carbocycles. The van der Waals surface area contributed by atoms with Crippen molar-refractivity contribution < 1.29 is 0 Å². The van der Waals surface area contributed by atoms with Crippen molar-refractivity contribution in [2.45, 2.75) is 123 Å². The van der Waals surface area contributed by atoms with Crippen LogP contribution in [0.25, 0.3) is 0 Å². The maximum Gasteiger partial charge on any atom is 0.0924 e. The first-order valence-corrected chi connectivity index (χ1v) is 10.4. The minimum Gasteiger partial charge on any atom is -0.302 e. The van der Waals surface area contributed by atoms with Crippen LogP contribution >= 0.6 is 0 Å². The Morgan fingerprint density at radius 2 is 1.00 bits per heavy atom. The molecule has 1 atom stereocenters. The molecule has 2 nitrogen and oxygen atoms in total. The summed E-state index contributed by atoms with van der Waals surface area (Å²) in [6.07, 6.45) is 22.5. The Morgan fingerprint density at radius 1 is 0.652 bits per heavy atom. The molecule has 0 aromatic heterocycles. The van der Waals surface area contributed by atoms with Crippen LogP contribution in [0, 0.1) is 11.3 Å². The molecule has 23 heavy (non-hydrogen) atoms. The third-order valence-electron chi connectivity index (χ3n) is 4.67. The lowest BCUT2D eigenvalue weighted by atomic mass is 10.0. The minimum atomic E-state index is 0.00587. The van der Waals surface area contributed by atoms with Crippen molar-refractivity contribution in [2.75, 3.05) is 6.54 Å². The van der Waals surface area contributed by atoms with E-state index in [1.165, 1.54) is 103 Å². The predicted octanol–water partition coefficient (Wildman–Crippen LogP) is 6.75. The molecule has 0 saturated carbocycles. The summed E-state index contributed by atoms with van der Waals surface area (Å²) in [7, 11) is 0. The van der Waals surface area contributed by atoms with Gasteiger partial charge in [0.1, 0.15) is 0 Å². The summed E-state index contributed by atoms with van der Waals surface area (Å²) in [5.41, 5.74) is 0. The summed E-state index contributed by atoms with van der Waals surface area (Å²) in [6.45, 7) is 5.20. The smallest absolute Gasteiger partial charge is 0.0924 e. The van der Waals surface area contributed by atoms with E-state index in [1.807, 2.05) is 6.92 Å². The van der Waals surface area contributed by atoms with Crippen LogP contribution in [0.3, 0.4) is 0 Å². The van der Waals surface area contributed by atoms with Crippen molar-refractivity contribution in [1.82, 2.24) is 5.32 Å². The molecule has 0 aromatic rings. The lowest BCUT2D eigenvalue weighted by Gasteiger charge is -2.06. The summed E-state index contributed by atoms with van der Waals surface area (Å²) in [6, 6.07) is 2.21. The van der Waals surface area contributed by atoms with Gasteiger partial charge in [-0.1, -0.05) is 103 Å². The van der Waals surface area contributed by atoms with Gasteiger partial charge in [-0.25, -0.2) is 0 Å². The quantitative estimate of drug-likeness (QED) is 0.283. The van der Waals surface area contributed by atoms with Gasteiger partial charge in [-0.05, 0) is 19.9 Å². The van der Waals surface area contributed by atoms with E-state index in [1.54, 1.807) is 0 Å². The van der Waals surface area contributed by atoms with Crippen molar-refractivity contribution >= 4 is 0 Å². The van der Waals surface area contributed by atoms with E-state index in [0.29, 0.717) is 0 Å². The lowest BCUT2D eigenvalue weighted by Crippen LogP contribution is -2.25. The van der Waals surface area contributed by atoms with Gasteiger partial charge in [-0.2, -0.15) is 5.26 Å². The number of rotatable bonds is 18. The number of nitrogens with one attached hydrogen (secondary N) is 1. The molecule has 0 aliphatic rings. The highest BCUT2D eigenvalue weighted by Crippen LogP contribution is 2.13. The molecule has 2 heteroatoms. The summed E-state index contributed by atoms with van der Waals surface area (Å²) < 4.78 is 0. The van der Waals surface area contributed by atoms with Crippen molar-refractivity contribution in [3.05, 3.63) is 0 Å². The molecule has 0 rings (SSSR count). The molecule has 0 radical (unpaired) electrons. The Morgan fingerprint density at radius 3 is 1.35 bits per heavy atom. The number of nitrogens with zero attached hydrogens (tertiary/aromatic N) is 1. The molecule has 0 saturated heterocycles. The molecule has 136 valence electrons. The van der Waals surface area contributed by atoms with E-state index in [4.69, 9.17) is 5.26 Å². The summed E-state index contributed by atoms with van der Waals surface area (Å²) in [4.78, 5) is 0. The van der Waals surface area contributed by atoms with Gasteiger partial charge >= 0.3 is 0 Å². The Balaban J connectivity index is 2.99. The molecule has 0 amide bonds. The molecular formula is C21H42N2. The third kappa shape index (κ3) is 19.4. The predicted molar refractivity (Wildman–Crippen MR) is 103 cm³/mol. The molecule has 1 N–H and O–H groups in total. The molecule has 0 aromatic carbocycles. The van der Waals surface area contributed by atoms with Crippen molar-refractivity contribution in [3.8, 4) is 6.07 Å². The monoisotopic (exact) mass is 322 g/mol. The van der Waals surface area contributed by atoms with Gasteiger partial charge in [0.25, 0.3) is 0 Å². The van der Waals surface area contributed by atoms with E-state index in [-0.39, 0.29) is 6.04 Å². The van der Waals surface area contributed by atoms with Crippen LogP contribution in [0.15, 0.2) is 0 Å². The van der Waals surface area contributed by atoms with Crippen LogP contribution in [0.1, 0.15) is 117 Å². The van der Waals surface area contributed by atoms with Crippen LogP contribution in [-0.4, -0.2) is 12.6 Å². The normalized spacial score (nSPS) is 12.2. The van der Waals surface area contributed by atoms with Gasteiger partial charge in [-0.3, -0.25) is 0 Å². The Bertz CT molecular complexity index is 257. The number of unbranched alkanes of at least 4 members (excludes halogenated alkanes) is 15. The molecule has 0 spiro atoms. The Labute approximate surface area is 146 Å². The van der Waals surface area contributed by atoms with Gasteiger partial charge in [0.2, 0.25) is 0 Å². The fraction of sp³-hybridized carbons (Fsp3) is 0.952. The zero-order valence-corrected chi connectivity index (χ0v) is 16.0. The topological polar surface area (TPSA) is 35.8 Å².